The minimum atomic E-state index is -1.12. The van der Waals surface area contributed by atoms with Gasteiger partial charge in [-0.1, -0.05) is 18.2 Å². The Balaban J connectivity index is 2.40. The molecule has 0 fully saturated rings. The third kappa shape index (κ3) is 1.78. The van der Waals surface area contributed by atoms with Crippen molar-refractivity contribution >= 4 is 16.9 Å². The van der Waals surface area contributed by atoms with E-state index in [0.717, 1.165) is 10.9 Å². The zero-order valence-corrected chi connectivity index (χ0v) is 10.6. The molecule has 0 spiro atoms. The molecule has 0 saturated heterocycles. The molecular weight excluding hydrogens is 258 g/mol. The van der Waals surface area contributed by atoms with Crippen molar-refractivity contribution in [3.8, 4) is 11.3 Å². The van der Waals surface area contributed by atoms with Gasteiger partial charge in [0, 0.05) is 28.4 Å². The number of nitrogens with zero attached hydrogens (tertiary/aromatic N) is 1. The van der Waals surface area contributed by atoms with Gasteiger partial charge in [0.1, 0.15) is 5.56 Å². The number of H-pyrrole nitrogens is 2. The predicted molar refractivity (Wildman–Crippen MR) is 73.8 cm³/mol. The molecular formula is C14H11N3O3. The number of carboxylic acids is 1. The fourth-order valence-electron chi connectivity index (χ4n) is 2.31. The fraction of sp³-hybridized carbons (Fsp3) is 0.0714. The smallest absolute Gasteiger partial charge is 0.345 e. The molecule has 3 rings (SSSR count). The van der Waals surface area contributed by atoms with E-state index in [0.29, 0.717) is 5.56 Å². The summed E-state index contributed by atoms with van der Waals surface area (Å²) in [5.74, 6) is -1.12. The van der Waals surface area contributed by atoms with Gasteiger partial charge in [-0.05, 0) is 13.0 Å². The van der Waals surface area contributed by atoms with E-state index < -0.39 is 11.7 Å². The van der Waals surface area contributed by atoms with Crippen LogP contribution in [-0.4, -0.2) is 26.0 Å². The predicted octanol–water partition coefficient (Wildman–Crippen LogP) is 1.92. The van der Waals surface area contributed by atoms with E-state index in [1.807, 2.05) is 24.3 Å². The first-order valence-electron chi connectivity index (χ1n) is 5.98. The van der Waals surface area contributed by atoms with Gasteiger partial charge in [-0.3, -0.25) is 0 Å². The quantitative estimate of drug-likeness (QED) is 0.661. The van der Waals surface area contributed by atoms with Gasteiger partial charge in [0.2, 0.25) is 0 Å². The van der Waals surface area contributed by atoms with Gasteiger partial charge in [-0.2, -0.15) is 4.98 Å². The Morgan fingerprint density at radius 1 is 1.30 bits per heavy atom. The van der Waals surface area contributed by atoms with Gasteiger partial charge in [-0.25, -0.2) is 9.59 Å². The van der Waals surface area contributed by atoms with Crippen LogP contribution in [0.4, 0.5) is 0 Å². The molecule has 0 saturated carbocycles. The second-order valence-electron chi connectivity index (χ2n) is 4.44. The number of rotatable bonds is 2. The summed E-state index contributed by atoms with van der Waals surface area (Å²) in [6.07, 6.45) is 1.66. The third-order valence-electron chi connectivity index (χ3n) is 3.18. The Hall–Kier alpha value is -2.89. The molecule has 3 aromatic rings. The molecule has 0 unspecified atom stereocenters. The molecule has 0 aliphatic rings. The molecule has 3 N–H and O–H groups in total. The Morgan fingerprint density at radius 2 is 2.05 bits per heavy atom. The number of hydrogen-bond donors (Lipinski definition) is 3. The Bertz CT molecular complexity index is 877. The maximum Gasteiger partial charge on any atom is 0.345 e. The van der Waals surface area contributed by atoms with Crippen LogP contribution in [0.3, 0.4) is 0 Å². The van der Waals surface area contributed by atoms with E-state index in [1.165, 1.54) is 0 Å². The van der Waals surface area contributed by atoms with E-state index in [-0.39, 0.29) is 17.0 Å². The zero-order valence-electron chi connectivity index (χ0n) is 10.6. The number of aromatic amines is 2. The molecule has 6 nitrogen and oxygen atoms in total. The van der Waals surface area contributed by atoms with Crippen molar-refractivity contribution in [2.75, 3.05) is 0 Å². The van der Waals surface area contributed by atoms with Gasteiger partial charge in [0.15, 0.2) is 0 Å². The summed E-state index contributed by atoms with van der Waals surface area (Å²) < 4.78 is 0. The van der Waals surface area contributed by atoms with Crippen molar-refractivity contribution < 1.29 is 9.90 Å². The van der Waals surface area contributed by atoms with Gasteiger partial charge in [0.25, 0.3) is 0 Å². The zero-order chi connectivity index (χ0) is 14.3. The Morgan fingerprint density at radius 3 is 2.80 bits per heavy atom. The van der Waals surface area contributed by atoms with Crippen molar-refractivity contribution in [1.29, 1.82) is 0 Å². The topological polar surface area (TPSA) is 98.8 Å². The van der Waals surface area contributed by atoms with Gasteiger partial charge >= 0.3 is 11.7 Å². The second-order valence-corrected chi connectivity index (χ2v) is 4.44. The van der Waals surface area contributed by atoms with Crippen LogP contribution >= 0.6 is 0 Å². The van der Waals surface area contributed by atoms with Crippen molar-refractivity contribution in [3.05, 3.63) is 52.2 Å². The largest absolute Gasteiger partial charge is 0.478 e. The first kappa shape index (κ1) is 12.2. The van der Waals surface area contributed by atoms with Crippen LogP contribution < -0.4 is 5.69 Å². The van der Waals surface area contributed by atoms with E-state index in [1.54, 1.807) is 13.1 Å². The first-order chi connectivity index (χ1) is 9.58. The SMILES string of the molecule is Cc1[nH]c(=O)nc(-c2c[nH]c3ccccc23)c1C(=O)O. The van der Waals surface area contributed by atoms with Crippen LogP contribution in [0.25, 0.3) is 22.2 Å². The minimum Gasteiger partial charge on any atom is -0.478 e. The summed E-state index contributed by atoms with van der Waals surface area (Å²) in [7, 11) is 0. The van der Waals surface area contributed by atoms with E-state index in [9.17, 15) is 14.7 Å². The fourth-order valence-corrected chi connectivity index (χ4v) is 2.31. The molecule has 100 valence electrons. The highest BCUT2D eigenvalue weighted by Gasteiger charge is 2.20. The van der Waals surface area contributed by atoms with Crippen molar-refractivity contribution in [1.82, 2.24) is 15.0 Å². The summed E-state index contributed by atoms with van der Waals surface area (Å²) >= 11 is 0. The van der Waals surface area contributed by atoms with E-state index in [2.05, 4.69) is 15.0 Å². The Labute approximate surface area is 113 Å². The van der Waals surface area contributed by atoms with Crippen LogP contribution in [-0.2, 0) is 0 Å². The van der Waals surface area contributed by atoms with Crippen LogP contribution in [0.15, 0.2) is 35.3 Å². The van der Waals surface area contributed by atoms with Crippen LogP contribution in [0.5, 0.6) is 0 Å². The number of para-hydroxylation sites is 1. The van der Waals surface area contributed by atoms with Crippen LogP contribution in [0.2, 0.25) is 0 Å². The molecule has 0 aliphatic carbocycles. The molecule has 0 radical (unpaired) electrons. The second kappa shape index (κ2) is 4.34. The average Bonchev–Trinajstić information content (AvgIpc) is 2.80. The normalized spacial score (nSPS) is 10.8. The molecule has 1 aromatic carbocycles. The summed E-state index contributed by atoms with van der Waals surface area (Å²) in [5, 5.41) is 10.2. The minimum absolute atomic E-state index is 0.00866. The average molecular weight is 269 g/mol. The highest BCUT2D eigenvalue weighted by molar-refractivity contribution is 6.02. The number of carboxylic acid groups (broad SMARTS) is 1. The van der Waals surface area contributed by atoms with Crippen molar-refractivity contribution in [3.63, 3.8) is 0 Å². The summed E-state index contributed by atoms with van der Waals surface area (Å²) in [5.41, 5.74) is 1.38. The number of nitrogens with one attached hydrogen (secondary N) is 2. The number of aryl methyl sites for hydroxylation is 1. The molecule has 0 bridgehead atoms. The lowest BCUT2D eigenvalue weighted by Gasteiger charge is -2.06. The van der Waals surface area contributed by atoms with Gasteiger partial charge < -0.3 is 15.1 Å². The number of hydrogen-bond acceptors (Lipinski definition) is 3. The standard InChI is InChI=1S/C14H11N3O3/c1-7-11(13(18)19)12(17-14(20)16-7)9-6-15-10-5-3-2-4-8(9)10/h2-6,15H,1H3,(H,18,19)(H,16,17,20). The Kier molecular flexibility index (Phi) is 2.64. The van der Waals surface area contributed by atoms with Crippen molar-refractivity contribution in [2.45, 2.75) is 6.92 Å². The summed E-state index contributed by atoms with van der Waals surface area (Å²) in [6.45, 7) is 1.55. The number of carbonyl (C=O) groups is 1. The monoisotopic (exact) mass is 269 g/mol. The third-order valence-corrected chi connectivity index (χ3v) is 3.18. The molecule has 6 heteroatoms. The first-order valence-corrected chi connectivity index (χ1v) is 5.98. The molecule has 2 aromatic heterocycles. The number of fused-ring (bicyclic) bond motifs is 1. The summed E-state index contributed by atoms with van der Waals surface area (Å²) in [6, 6.07) is 7.45. The summed E-state index contributed by atoms with van der Waals surface area (Å²) in [4.78, 5) is 32.3. The number of aromatic nitrogens is 3. The maximum absolute atomic E-state index is 11.5. The highest BCUT2D eigenvalue weighted by atomic mass is 16.4. The van der Waals surface area contributed by atoms with Crippen LogP contribution in [0.1, 0.15) is 16.1 Å². The van der Waals surface area contributed by atoms with Crippen LogP contribution in [0, 0.1) is 6.92 Å². The molecule has 2 heterocycles. The lowest BCUT2D eigenvalue weighted by Crippen LogP contribution is -2.18. The lowest BCUT2D eigenvalue weighted by atomic mass is 10.0. The van der Waals surface area contributed by atoms with Crippen molar-refractivity contribution in [2.24, 2.45) is 0 Å². The van der Waals surface area contributed by atoms with E-state index >= 15 is 0 Å². The van der Waals surface area contributed by atoms with E-state index in [4.69, 9.17) is 0 Å². The van der Waals surface area contributed by atoms with Gasteiger partial charge in [0.05, 0.1) is 5.69 Å². The molecule has 0 aliphatic heterocycles. The molecule has 0 atom stereocenters. The highest BCUT2D eigenvalue weighted by Crippen LogP contribution is 2.29. The lowest BCUT2D eigenvalue weighted by molar-refractivity contribution is 0.0696. The molecule has 0 amide bonds. The molecule has 20 heavy (non-hydrogen) atoms. The number of benzene rings is 1. The maximum atomic E-state index is 11.5. The number of aromatic carboxylic acids is 1. The van der Waals surface area contributed by atoms with Gasteiger partial charge in [-0.15, -0.1) is 0 Å².